The van der Waals surface area contributed by atoms with Crippen molar-refractivity contribution in [3.63, 3.8) is 0 Å². The van der Waals surface area contributed by atoms with Crippen LogP contribution in [-0.2, 0) is 9.59 Å². The number of benzene rings is 1. The molecule has 2 unspecified atom stereocenters. The Balaban J connectivity index is 2.03. The molecule has 0 aliphatic carbocycles. The zero-order valence-corrected chi connectivity index (χ0v) is 13.6. The number of nitrogens with zero attached hydrogens (tertiary/aromatic N) is 1. The summed E-state index contributed by atoms with van der Waals surface area (Å²) in [5.74, 6) is -1.25. The van der Waals surface area contributed by atoms with Crippen molar-refractivity contribution in [2.45, 2.75) is 32.8 Å². The van der Waals surface area contributed by atoms with E-state index >= 15 is 0 Å². The monoisotopic (exact) mass is 324 g/mol. The van der Waals surface area contributed by atoms with Crippen LogP contribution >= 0.6 is 11.6 Å². The average Bonchev–Trinajstić information content (AvgIpc) is 2.51. The molecule has 1 heterocycles. The van der Waals surface area contributed by atoms with Gasteiger partial charge in [0.05, 0.1) is 16.8 Å². The van der Waals surface area contributed by atoms with E-state index in [9.17, 15) is 14.7 Å². The van der Waals surface area contributed by atoms with E-state index in [2.05, 4.69) is 5.32 Å². The Morgan fingerprint density at radius 3 is 2.86 bits per heavy atom. The van der Waals surface area contributed by atoms with Crippen LogP contribution in [0.2, 0.25) is 5.02 Å². The molecule has 1 saturated heterocycles. The molecule has 2 atom stereocenters. The molecule has 2 amide bonds. The Bertz CT molecular complexity index is 575. The van der Waals surface area contributed by atoms with Gasteiger partial charge in [0.15, 0.2) is 0 Å². The topological polar surface area (TPSA) is 69.6 Å². The lowest BCUT2D eigenvalue weighted by Crippen LogP contribution is -2.47. The first kappa shape index (κ1) is 16.8. The highest BCUT2D eigenvalue weighted by molar-refractivity contribution is 6.41. The SMILES string of the molecule is Cc1cccc(NC(=O)C(=O)N2CCCC(C(C)O)C2)c1Cl. The van der Waals surface area contributed by atoms with Crippen molar-refractivity contribution in [2.75, 3.05) is 18.4 Å². The number of amides is 2. The van der Waals surface area contributed by atoms with Crippen molar-refractivity contribution in [1.29, 1.82) is 0 Å². The molecule has 1 aromatic carbocycles. The smallest absolute Gasteiger partial charge is 0.313 e. The molecular weight excluding hydrogens is 304 g/mol. The van der Waals surface area contributed by atoms with Gasteiger partial charge in [-0.3, -0.25) is 9.59 Å². The molecular formula is C16H21ClN2O3. The van der Waals surface area contributed by atoms with Crippen molar-refractivity contribution in [3.05, 3.63) is 28.8 Å². The van der Waals surface area contributed by atoms with Gasteiger partial charge in [-0.2, -0.15) is 0 Å². The quantitative estimate of drug-likeness (QED) is 0.819. The van der Waals surface area contributed by atoms with Crippen LogP contribution < -0.4 is 5.32 Å². The van der Waals surface area contributed by atoms with Crippen LogP contribution in [0.4, 0.5) is 5.69 Å². The summed E-state index contributed by atoms with van der Waals surface area (Å²) in [6.07, 6.45) is 1.18. The second-order valence-electron chi connectivity index (χ2n) is 5.78. The molecule has 0 spiro atoms. The van der Waals surface area contributed by atoms with E-state index in [-0.39, 0.29) is 5.92 Å². The molecule has 2 N–H and O–H groups in total. The largest absolute Gasteiger partial charge is 0.393 e. The molecule has 0 aromatic heterocycles. The molecule has 120 valence electrons. The molecule has 1 aliphatic rings. The van der Waals surface area contributed by atoms with E-state index in [0.29, 0.717) is 23.8 Å². The van der Waals surface area contributed by atoms with E-state index in [1.165, 1.54) is 4.90 Å². The fraction of sp³-hybridized carbons (Fsp3) is 0.500. The zero-order chi connectivity index (χ0) is 16.3. The molecule has 1 aromatic rings. The van der Waals surface area contributed by atoms with Crippen molar-refractivity contribution in [1.82, 2.24) is 4.90 Å². The Hall–Kier alpha value is -1.59. The van der Waals surface area contributed by atoms with Crippen LogP contribution in [0, 0.1) is 12.8 Å². The molecule has 6 heteroatoms. The van der Waals surface area contributed by atoms with Crippen LogP contribution in [-0.4, -0.2) is 41.0 Å². The van der Waals surface area contributed by atoms with Gasteiger partial charge in [-0.1, -0.05) is 23.7 Å². The lowest BCUT2D eigenvalue weighted by Gasteiger charge is -2.33. The number of aryl methyl sites for hydroxylation is 1. The summed E-state index contributed by atoms with van der Waals surface area (Å²) < 4.78 is 0. The molecule has 0 radical (unpaired) electrons. The highest BCUT2D eigenvalue weighted by Gasteiger charge is 2.30. The molecule has 22 heavy (non-hydrogen) atoms. The Morgan fingerprint density at radius 1 is 1.45 bits per heavy atom. The minimum absolute atomic E-state index is 0.0213. The number of carbonyl (C=O) groups excluding carboxylic acids is 2. The van der Waals surface area contributed by atoms with Gasteiger partial charge in [0, 0.05) is 19.0 Å². The van der Waals surface area contributed by atoms with Gasteiger partial charge < -0.3 is 15.3 Å². The highest BCUT2D eigenvalue weighted by atomic mass is 35.5. The Labute approximate surface area is 135 Å². The fourth-order valence-electron chi connectivity index (χ4n) is 2.65. The maximum absolute atomic E-state index is 12.3. The van der Waals surface area contributed by atoms with Gasteiger partial charge in [-0.05, 0) is 38.3 Å². The van der Waals surface area contributed by atoms with Crippen LogP contribution in [0.25, 0.3) is 0 Å². The third-order valence-corrected chi connectivity index (χ3v) is 4.56. The standard InChI is InChI=1S/C16H21ClN2O3/c1-10-5-3-7-13(14(10)17)18-15(21)16(22)19-8-4-6-12(9-19)11(2)20/h3,5,7,11-12,20H,4,6,8-9H2,1-2H3,(H,18,21). The summed E-state index contributed by atoms with van der Waals surface area (Å²) in [6.45, 7) is 4.49. The number of hydrogen-bond donors (Lipinski definition) is 2. The maximum Gasteiger partial charge on any atom is 0.313 e. The van der Waals surface area contributed by atoms with E-state index in [1.54, 1.807) is 19.1 Å². The van der Waals surface area contributed by atoms with Crippen LogP contribution in [0.5, 0.6) is 0 Å². The number of nitrogens with one attached hydrogen (secondary N) is 1. The van der Waals surface area contributed by atoms with Crippen LogP contribution in [0.15, 0.2) is 18.2 Å². The Morgan fingerprint density at radius 2 is 2.18 bits per heavy atom. The van der Waals surface area contributed by atoms with Crippen LogP contribution in [0.1, 0.15) is 25.3 Å². The van der Waals surface area contributed by atoms with E-state index in [4.69, 9.17) is 11.6 Å². The molecule has 0 bridgehead atoms. The number of rotatable bonds is 2. The van der Waals surface area contributed by atoms with Gasteiger partial charge in [0.1, 0.15) is 0 Å². The maximum atomic E-state index is 12.3. The van der Waals surface area contributed by atoms with Crippen molar-refractivity contribution in [2.24, 2.45) is 5.92 Å². The lowest BCUT2D eigenvalue weighted by molar-refractivity contribution is -0.144. The lowest BCUT2D eigenvalue weighted by atomic mass is 9.93. The van der Waals surface area contributed by atoms with Crippen molar-refractivity contribution >= 4 is 29.1 Å². The van der Waals surface area contributed by atoms with Gasteiger partial charge in [-0.25, -0.2) is 0 Å². The van der Waals surface area contributed by atoms with Gasteiger partial charge >= 0.3 is 11.8 Å². The predicted molar refractivity (Wildman–Crippen MR) is 85.8 cm³/mol. The summed E-state index contributed by atoms with van der Waals surface area (Å²) in [5.41, 5.74) is 1.27. The van der Waals surface area contributed by atoms with E-state index < -0.39 is 17.9 Å². The summed E-state index contributed by atoms with van der Waals surface area (Å²) >= 11 is 6.12. The van der Waals surface area contributed by atoms with Gasteiger partial charge in [0.2, 0.25) is 0 Å². The first-order valence-corrected chi connectivity index (χ1v) is 7.81. The number of aliphatic hydroxyl groups excluding tert-OH is 1. The number of carbonyl (C=O) groups is 2. The number of hydrogen-bond acceptors (Lipinski definition) is 3. The van der Waals surface area contributed by atoms with E-state index in [0.717, 1.165) is 18.4 Å². The normalized spacial score (nSPS) is 19.6. The van der Waals surface area contributed by atoms with Crippen LogP contribution in [0.3, 0.4) is 0 Å². The number of likely N-dealkylation sites (tertiary alicyclic amines) is 1. The first-order valence-electron chi connectivity index (χ1n) is 7.43. The minimum atomic E-state index is -0.696. The van der Waals surface area contributed by atoms with Gasteiger partial charge in [0.25, 0.3) is 0 Å². The fourth-order valence-corrected chi connectivity index (χ4v) is 2.82. The number of piperidine rings is 1. The second kappa shape index (κ2) is 7.11. The third kappa shape index (κ3) is 3.78. The molecule has 1 fully saturated rings. The first-order chi connectivity index (χ1) is 10.4. The third-order valence-electron chi connectivity index (χ3n) is 4.06. The van der Waals surface area contributed by atoms with Crippen molar-refractivity contribution < 1.29 is 14.7 Å². The highest BCUT2D eigenvalue weighted by Crippen LogP contribution is 2.25. The Kier molecular flexibility index (Phi) is 5.42. The molecule has 0 saturated carbocycles. The predicted octanol–water partition coefficient (Wildman–Crippen LogP) is 2.21. The summed E-state index contributed by atoms with van der Waals surface area (Å²) in [6, 6.07) is 5.26. The minimum Gasteiger partial charge on any atom is -0.393 e. The second-order valence-corrected chi connectivity index (χ2v) is 6.16. The van der Waals surface area contributed by atoms with E-state index in [1.807, 2.05) is 13.0 Å². The number of aliphatic hydroxyl groups is 1. The number of halogens is 1. The molecule has 5 nitrogen and oxygen atoms in total. The molecule has 2 rings (SSSR count). The van der Waals surface area contributed by atoms with Crippen molar-refractivity contribution in [3.8, 4) is 0 Å². The molecule has 1 aliphatic heterocycles. The summed E-state index contributed by atoms with van der Waals surface area (Å²) in [7, 11) is 0. The average molecular weight is 325 g/mol. The summed E-state index contributed by atoms with van der Waals surface area (Å²) in [4.78, 5) is 25.9. The summed E-state index contributed by atoms with van der Waals surface area (Å²) in [5, 5.41) is 12.7. The van der Waals surface area contributed by atoms with Gasteiger partial charge in [-0.15, -0.1) is 0 Å². The zero-order valence-electron chi connectivity index (χ0n) is 12.8. The number of anilines is 1.